The minimum atomic E-state index is -1.46. The van der Waals surface area contributed by atoms with Crippen LogP contribution in [0, 0.1) is 0 Å². The second-order valence-corrected chi connectivity index (χ2v) is 15.6. The molecule has 1 unspecified atom stereocenters. The molecule has 8 heteroatoms. The van der Waals surface area contributed by atoms with Gasteiger partial charge in [0, 0.05) is 12.8 Å². The fraction of sp³-hybridized carbons (Fsp3) is 0.870. The number of hydrogen-bond acceptors (Lipinski definition) is 7. The molecular weight excluding hydrogens is 416 g/mol. The summed E-state index contributed by atoms with van der Waals surface area (Å²) in [5.41, 5.74) is 2.15. The lowest BCUT2D eigenvalue weighted by Gasteiger charge is -2.47. The Hall–Kier alpha value is -0.773. The molecule has 0 aromatic carbocycles. The van der Waals surface area contributed by atoms with E-state index >= 15 is 0 Å². The van der Waals surface area contributed by atoms with E-state index in [-0.39, 0.29) is 36.8 Å². The zero-order chi connectivity index (χ0) is 22.2. The lowest BCUT2D eigenvalue weighted by atomic mass is 9.87. The van der Waals surface area contributed by atoms with Crippen molar-refractivity contribution in [2.24, 2.45) is 0 Å². The minimum absolute atomic E-state index is 0.183. The Labute approximate surface area is 186 Å². The van der Waals surface area contributed by atoms with Crippen LogP contribution in [-0.2, 0) is 28.5 Å². The van der Waals surface area contributed by atoms with E-state index in [0.717, 1.165) is 32.1 Å². The maximum Gasteiger partial charge on any atom is 0.308 e. The Bertz CT molecular complexity index is 669. The molecule has 7 atom stereocenters. The first kappa shape index (κ1) is 23.4. The summed E-state index contributed by atoms with van der Waals surface area (Å²) in [6, 6.07) is 0. The maximum atomic E-state index is 11.8. The highest BCUT2D eigenvalue weighted by Crippen LogP contribution is 2.48. The van der Waals surface area contributed by atoms with Gasteiger partial charge in [-0.3, -0.25) is 4.79 Å². The van der Waals surface area contributed by atoms with Gasteiger partial charge in [0.25, 0.3) is 0 Å². The number of hydrogen-bond donors (Lipinski definition) is 1. The average molecular weight is 455 g/mol. The normalized spacial score (nSPS) is 38.6. The van der Waals surface area contributed by atoms with Gasteiger partial charge in [0.15, 0.2) is 5.79 Å². The van der Waals surface area contributed by atoms with Crippen LogP contribution >= 0.6 is 0 Å². The van der Waals surface area contributed by atoms with Crippen LogP contribution in [0.2, 0.25) is 19.6 Å². The summed E-state index contributed by atoms with van der Waals surface area (Å²) < 4.78 is 30.7. The Kier molecular flexibility index (Phi) is 6.96. The molecule has 0 aromatic rings. The van der Waals surface area contributed by atoms with Gasteiger partial charge in [-0.05, 0) is 25.7 Å². The molecule has 0 bridgehead atoms. The topological polar surface area (TPSA) is 83.5 Å². The molecular formula is C23H38O7Si. The van der Waals surface area contributed by atoms with E-state index in [1.807, 2.05) is 6.08 Å². The summed E-state index contributed by atoms with van der Waals surface area (Å²) in [5, 5.41) is 11.0. The van der Waals surface area contributed by atoms with Crippen molar-refractivity contribution in [1.29, 1.82) is 0 Å². The quantitative estimate of drug-likeness (QED) is 0.505. The van der Waals surface area contributed by atoms with E-state index in [2.05, 4.69) is 25.3 Å². The van der Waals surface area contributed by atoms with Crippen LogP contribution in [0.3, 0.4) is 0 Å². The number of rotatable bonds is 5. The van der Waals surface area contributed by atoms with Crippen LogP contribution < -0.4 is 0 Å². The lowest BCUT2D eigenvalue weighted by Crippen LogP contribution is -2.62. The van der Waals surface area contributed by atoms with Gasteiger partial charge in [-0.25, -0.2) is 0 Å². The molecule has 176 valence electrons. The predicted octanol–water partition coefficient (Wildman–Crippen LogP) is 3.10. The van der Waals surface area contributed by atoms with Crippen molar-refractivity contribution in [2.75, 3.05) is 7.11 Å². The molecule has 0 amide bonds. The van der Waals surface area contributed by atoms with E-state index in [1.165, 1.54) is 13.5 Å². The first-order valence-corrected chi connectivity index (χ1v) is 15.4. The molecule has 1 aliphatic carbocycles. The van der Waals surface area contributed by atoms with Crippen molar-refractivity contribution in [2.45, 2.75) is 120 Å². The third-order valence-corrected chi connectivity index (χ3v) is 8.05. The first-order chi connectivity index (χ1) is 14.7. The van der Waals surface area contributed by atoms with E-state index in [9.17, 15) is 9.90 Å². The van der Waals surface area contributed by atoms with Crippen molar-refractivity contribution < 1.29 is 33.6 Å². The largest absolute Gasteiger partial charge is 0.469 e. The molecule has 0 radical (unpaired) electrons. The number of aliphatic hydroxyl groups is 1. The molecule has 7 nitrogen and oxygen atoms in total. The van der Waals surface area contributed by atoms with Gasteiger partial charge in [-0.1, -0.05) is 37.8 Å². The fourth-order valence-corrected chi connectivity index (χ4v) is 6.06. The Morgan fingerprint density at radius 2 is 1.81 bits per heavy atom. The number of methoxy groups -OCH3 is 1. The number of aliphatic hydroxyl groups excluding tert-OH is 1. The van der Waals surface area contributed by atoms with Gasteiger partial charge in [0.05, 0.1) is 33.8 Å². The summed E-state index contributed by atoms with van der Waals surface area (Å²) in [5.74, 6) is -0.876. The van der Waals surface area contributed by atoms with Gasteiger partial charge in [-0.2, -0.15) is 0 Å². The summed E-state index contributed by atoms with van der Waals surface area (Å²) >= 11 is 0. The van der Waals surface area contributed by atoms with E-state index in [4.69, 9.17) is 23.7 Å². The van der Waals surface area contributed by atoms with Crippen LogP contribution in [0.15, 0.2) is 11.8 Å². The molecule has 4 fully saturated rings. The highest BCUT2D eigenvalue weighted by molar-refractivity contribution is 6.80. The number of esters is 1. The second kappa shape index (κ2) is 9.23. The Balaban J connectivity index is 1.55. The number of carbonyl (C=O) groups excluding carboxylic acids is 1. The average Bonchev–Trinajstić information content (AvgIpc) is 3.10. The summed E-state index contributed by atoms with van der Waals surface area (Å²) in [7, 11) is -0.0584. The van der Waals surface area contributed by atoms with Gasteiger partial charge in [0.1, 0.15) is 30.5 Å². The van der Waals surface area contributed by atoms with Crippen LogP contribution in [0.25, 0.3) is 0 Å². The van der Waals surface area contributed by atoms with Gasteiger partial charge >= 0.3 is 5.97 Å². The molecule has 4 aliphatic rings. The van der Waals surface area contributed by atoms with E-state index in [0.29, 0.717) is 6.42 Å². The van der Waals surface area contributed by atoms with Crippen LogP contribution in [0.1, 0.15) is 51.4 Å². The fourth-order valence-electron chi connectivity index (χ4n) is 5.29. The molecule has 4 rings (SSSR count). The van der Waals surface area contributed by atoms with E-state index in [1.54, 1.807) is 0 Å². The number of ether oxygens (including phenoxy) is 5. The summed E-state index contributed by atoms with van der Waals surface area (Å²) in [4.78, 5) is 11.8. The Morgan fingerprint density at radius 3 is 2.48 bits per heavy atom. The Morgan fingerprint density at radius 1 is 1.10 bits per heavy atom. The van der Waals surface area contributed by atoms with Crippen molar-refractivity contribution in [3.63, 3.8) is 0 Å². The van der Waals surface area contributed by atoms with Crippen LogP contribution in [-0.4, -0.2) is 74.8 Å². The zero-order valence-corrected chi connectivity index (χ0v) is 20.2. The van der Waals surface area contributed by atoms with Crippen molar-refractivity contribution in [3.05, 3.63) is 11.8 Å². The molecule has 3 aliphatic heterocycles. The van der Waals surface area contributed by atoms with Crippen molar-refractivity contribution in [1.82, 2.24) is 0 Å². The highest BCUT2D eigenvalue weighted by atomic mass is 28.3. The van der Waals surface area contributed by atoms with E-state index < -0.39 is 32.2 Å². The lowest BCUT2D eigenvalue weighted by molar-refractivity contribution is -0.250. The molecule has 0 aromatic heterocycles. The second-order valence-electron chi connectivity index (χ2n) is 10.6. The third-order valence-electron chi connectivity index (χ3n) is 6.86. The summed E-state index contributed by atoms with van der Waals surface area (Å²) in [6.07, 6.45) is 6.00. The molecule has 1 saturated carbocycles. The van der Waals surface area contributed by atoms with Crippen LogP contribution in [0.5, 0.6) is 0 Å². The summed E-state index contributed by atoms with van der Waals surface area (Å²) in [6.45, 7) is 6.71. The molecule has 1 N–H and O–H groups in total. The van der Waals surface area contributed by atoms with Gasteiger partial charge in [-0.15, -0.1) is 0 Å². The van der Waals surface area contributed by atoms with Crippen molar-refractivity contribution in [3.8, 4) is 0 Å². The molecule has 3 heterocycles. The number of fused-ring (bicyclic) bond motifs is 3. The zero-order valence-electron chi connectivity index (χ0n) is 19.2. The third kappa shape index (κ3) is 5.25. The molecule has 3 saturated heterocycles. The highest BCUT2D eigenvalue weighted by Gasteiger charge is 2.60. The maximum absolute atomic E-state index is 11.8. The van der Waals surface area contributed by atoms with Crippen LogP contribution in [0.4, 0.5) is 0 Å². The SMILES string of the molecule is COC(=O)C[C@H]1CCC2O[C@@H]([C@@H](O)/C=C/[Si](C)(C)C)[C@H]3OC4(CCCCC4)O[C@H]3[C@H]2O1. The number of carbonyl (C=O) groups is 1. The standard InChI is InChI=1S/C23H38O7Si/c1-26-18(25)14-15-8-9-17-20(27-15)22-21(29-23(30-22)11-6-5-7-12-23)19(28-17)16(24)10-13-31(2,3)4/h10,13,15-17,19-22,24H,5-9,11-12,14H2,1-4H3/b13-10+/t15-,16+,17?,19+,20+,21-,22+/m1/s1. The smallest absolute Gasteiger partial charge is 0.308 e. The van der Waals surface area contributed by atoms with Gasteiger partial charge < -0.3 is 28.8 Å². The molecule has 1 spiro atoms. The monoisotopic (exact) mass is 454 g/mol. The predicted molar refractivity (Wildman–Crippen MR) is 117 cm³/mol. The minimum Gasteiger partial charge on any atom is -0.469 e. The molecule has 31 heavy (non-hydrogen) atoms. The first-order valence-electron chi connectivity index (χ1n) is 11.8. The van der Waals surface area contributed by atoms with Gasteiger partial charge in [0.2, 0.25) is 0 Å². The van der Waals surface area contributed by atoms with Crippen molar-refractivity contribution >= 4 is 14.0 Å².